The number of hydrogen-bond donors (Lipinski definition) is 1. The molecular weight excluding hydrogens is 236 g/mol. The Morgan fingerprint density at radius 1 is 1.32 bits per heavy atom. The van der Waals surface area contributed by atoms with Crippen LogP contribution in [-0.4, -0.2) is 9.78 Å². The van der Waals surface area contributed by atoms with E-state index in [1.807, 2.05) is 19.9 Å². The molecule has 102 valence electrons. The number of H-pyrrole nitrogens is 1. The topological polar surface area (TPSA) is 37.8 Å². The largest absolute Gasteiger partial charge is 0.294 e. The van der Waals surface area contributed by atoms with E-state index in [9.17, 15) is 4.79 Å². The van der Waals surface area contributed by atoms with Gasteiger partial charge in [0.15, 0.2) is 0 Å². The Morgan fingerprint density at radius 2 is 2.05 bits per heavy atom. The third-order valence-electron chi connectivity index (χ3n) is 3.33. The molecule has 0 fully saturated rings. The first-order valence-corrected chi connectivity index (χ1v) is 6.95. The van der Waals surface area contributed by atoms with Gasteiger partial charge in [-0.25, -0.2) is 4.68 Å². The SMILES string of the molecule is CCCc1c(-c2cccc(C)c2)[nH]n(C(C)C)c1=O. The molecule has 1 heterocycles. The van der Waals surface area contributed by atoms with E-state index in [1.54, 1.807) is 4.68 Å². The van der Waals surface area contributed by atoms with Gasteiger partial charge in [-0.2, -0.15) is 0 Å². The van der Waals surface area contributed by atoms with Crippen molar-refractivity contribution in [2.24, 2.45) is 0 Å². The zero-order chi connectivity index (χ0) is 14.0. The molecule has 1 N–H and O–H groups in total. The number of rotatable bonds is 4. The minimum Gasteiger partial charge on any atom is -0.294 e. The molecule has 0 aliphatic rings. The first kappa shape index (κ1) is 13.7. The van der Waals surface area contributed by atoms with Gasteiger partial charge in [-0.3, -0.25) is 9.89 Å². The van der Waals surface area contributed by atoms with E-state index < -0.39 is 0 Å². The Kier molecular flexibility index (Phi) is 3.93. The predicted octanol–water partition coefficient (Wildman–Crippen LogP) is 3.69. The van der Waals surface area contributed by atoms with Crippen LogP contribution in [0.25, 0.3) is 11.3 Å². The molecule has 0 bridgehead atoms. The maximum Gasteiger partial charge on any atom is 0.270 e. The maximum atomic E-state index is 12.4. The van der Waals surface area contributed by atoms with Gasteiger partial charge in [0.05, 0.1) is 5.69 Å². The fourth-order valence-corrected chi connectivity index (χ4v) is 2.38. The van der Waals surface area contributed by atoms with Gasteiger partial charge in [0.25, 0.3) is 5.56 Å². The maximum absolute atomic E-state index is 12.4. The standard InChI is InChI=1S/C16H22N2O/c1-5-7-14-15(13-9-6-8-12(4)10-13)17-18(11(2)3)16(14)19/h6,8-11,17H,5,7H2,1-4H3. The number of aromatic nitrogens is 2. The van der Waals surface area contributed by atoms with Crippen molar-refractivity contribution in [1.29, 1.82) is 0 Å². The molecule has 3 heteroatoms. The van der Waals surface area contributed by atoms with Gasteiger partial charge < -0.3 is 0 Å². The average Bonchev–Trinajstić information content (AvgIpc) is 2.68. The fraction of sp³-hybridized carbons (Fsp3) is 0.438. The first-order chi connectivity index (χ1) is 9.04. The molecule has 0 spiro atoms. The number of nitrogens with zero attached hydrogens (tertiary/aromatic N) is 1. The second-order valence-electron chi connectivity index (χ2n) is 5.35. The van der Waals surface area contributed by atoms with Crippen LogP contribution in [0.5, 0.6) is 0 Å². The van der Waals surface area contributed by atoms with Gasteiger partial charge in [0, 0.05) is 17.2 Å². The molecule has 19 heavy (non-hydrogen) atoms. The second-order valence-corrected chi connectivity index (χ2v) is 5.35. The van der Waals surface area contributed by atoms with E-state index in [2.05, 4.69) is 37.1 Å². The third kappa shape index (κ3) is 2.65. The second kappa shape index (κ2) is 5.47. The lowest BCUT2D eigenvalue weighted by molar-refractivity contribution is 0.517. The Morgan fingerprint density at radius 3 is 2.63 bits per heavy atom. The molecule has 0 saturated carbocycles. The van der Waals surface area contributed by atoms with Crippen molar-refractivity contribution in [2.75, 3.05) is 0 Å². The summed E-state index contributed by atoms with van der Waals surface area (Å²) in [5, 5.41) is 3.28. The summed E-state index contributed by atoms with van der Waals surface area (Å²) in [7, 11) is 0. The highest BCUT2D eigenvalue weighted by Crippen LogP contribution is 2.22. The van der Waals surface area contributed by atoms with Crippen LogP contribution in [-0.2, 0) is 6.42 Å². The minimum absolute atomic E-state index is 0.119. The summed E-state index contributed by atoms with van der Waals surface area (Å²) in [4.78, 5) is 12.4. The van der Waals surface area contributed by atoms with Gasteiger partial charge in [-0.15, -0.1) is 0 Å². The molecule has 0 aliphatic carbocycles. The van der Waals surface area contributed by atoms with Crippen LogP contribution in [0.15, 0.2) is 29.1 Å². The lowest BCUT2D eigenvalue weighted by Crippen LogP contribution is -2.20. The van der Waals surface area contributed by atoms with Crippen molar-refractivity contribution in [3.63, 3.8) is 0 Å². The van der Waals surface area contributed by atoms with E-state index in [1.165, 1.54) is 5.56 Å². The average molecular weight is 258 g/mol. The molecular formula is C16H22N2O. The van der Waals surface area contributed by atoms with Crippen LogP contribution < -0.4 is 5.56 Å². The summed E-state index contributed by atoms with van der Waals surface area (Å²) in [6, 6.07) is 8.44. The molecule has 1 aromatic carbocycles. The normalized spacial score (nSPS) is 11.2. The number of aromatic amines is 1. The Balaban J connectivity index is 2.62. The summed E-state index contributed by atoms with van der Waals surface area (Å²) >= 11 is 0. The highest BCUT2D eigenvalue weighted by Gasteiger charge is 2.16. The molecule has 0 unspecified atom stereocenters. The van der Waals surface area contributed by atoms with Crippen LogP contribution >= 0.6 is 0 Å². The molecule has 0 atom stereocenters. The van der Waals surface area contributed by atoms with E-state index >= 15 is 0 Å². The molecule has 3 nitrogen and oxygen atoms in total. The molecule has 0 amide bonds. The minimum atomic E-state index is 0.119. The van der Waals surface area contributed by atoms with Gasteiger partial charge >= 0.3 is 0 Å². The molecule has 0 saturated heterocycles. The first-order valence-electron chi connectivity index (χ1n) is 6.95. The van der Waals surface area contributed by atoms with Gasteiger partial charge in [0.2, 0.25) is 0 Å². The monoisotopic (exact) mass is 258 g/mol. The number of hydrogen-bond acceptors (Lipinski definition) is 1. The van der Waals surface area contributed by atoms with Crippen LogP contribution in [0.3, 0.4) is 0 Å². The van der Waals surface area contributed by atoms with E-state index in [4.69, 9.17) is 0 Å². The summed E-state index contributed by atoms with van der Waals surface area (Å²) in [5.74, 6) is 0. The lowest BCUT2D eigenvalue weighted by atomic mass is 10.0. The van der Waals surface area contributed by atoms with Crippen molar-refractivity contribution in [1.82, 2.24) is 9.78 Å². The molecule has 2 rings (SSSR count). The summed E-state index contributed by atoms with van der Waals surface area (Å²) in [5.41, 5.74) is 4.30. The summed E-state index contributed by atoms with van der Waals surface area (Å²) in [6.45, 7) is 8.22. The predicted molar refractivity (Wildman–Crippen MR) is 79.6 cm³/mol. The Bertz CT molecular complexity index is 620. The van der Waals surface area contributed by atoms with Gasteiger partial charge in [0.1, 0.15) is 0 Å². The zero-order valence-corrected chi connectivity index (χ0v) is 12.2. The number of nitrogens with one attached hydrogen (secondary N) is 1. The number of aryl methyl sites for hydroxylation is 1. The number of benzene rings is 1. The van der Waals surface area contributed by atoms with Gasteiger partial charge in [-0.05, 0) is 33.3 Å². The quantitative estimate of drug-likeness (QED) is 0.892. The summed E-state index contributed by atoms with van der Waals surface area (Å²) in [6.07, 6.45) is 1.79. The Hall–Kier alpha value is -1.77. The molecule has 2 aromatic rings. The molecule has 0 radical (unpaired) electrons. The smallest absolute Gasteiger partial charge is 0.270 e. The molecule has 1 aromatic heterocycles. The zero-order valence-electron chi connectivity index (χ0n) is 12.2. The third-order valence-corrected chi connectivity index (χ3v) is 3.33. The van der Waals surface area contributed by atoms with E-state index in [-0.39, 0.29) is 11.6 Å². The van der Waals surface area contributed by atoms with E-state index in [0.29, 0.717) is 0 Å². The van der Waals surface area contributed by atoms with Crippen LogP contribution in [0, 0.1) is 6.92 Å². The molecule has 0 aliphatic heterocycles. The van der Waals surface area contributed by atoms with Crippen LogP contribution in [0.2, 0.25) is 0 Å². The highest BCUT2D eigenvalue weighted by atomic mass is 16.1. The van der Waals surface area contributed by atoms with Crippen molar-refractivity contribution >= 4 is 0 Å². The van der Waals surface area contributed by atoms with Crippen molar-refractivity contribution in [3.8, 4) is 11.3 Å². The van der Waals surface area contributed by atoms with Crippen molar-refractivity contribution in [3.05, 3.63) is 45.7 Å². The van der Waals surface area contributed by atoms with Crippen LogP contribution in [0.1, 0.15) is 44.4 Å². The highest BCUT2D eigenvalue weighted by molar-refractivity contribution is 5.63. The van der Waals surface area contributed by atoms with Crippen molar-refractivity contribution < 1.29 is 0 Å². The van der Waals surface area contributed by atoms with Gasteiger partial charge in [-0.1, -0.05) is 37.1 Å². The Labute approximate surface area is 114 Å². The van der Waals surface area contributed by atoms with Crippen molar-refractivity contribution in [2.45, 2.75) is 46.6 Å². The summed E-state index contributed by atoms with van der Waals surface area (Å²) < 4.78 is 1.72. The van der Waals surface area contributed by atoms with Crippen LogP contribution in [0.4, 0.5) is 0 Å². The van der Waals surface area contributed by atoms with E-state index in [0.717, 1.165) is 29.7 Å². The lowest BCUT2D eigenvalue weighted by Gasteiger charge is -2.05. The fourth-order valence-electron chi connectivity index (χ4n) is 2.38.